The second-order valence-electron chi connectivity index (χ2n) is 5.05. The Hall–Kier alpha value is -1.36. The van der Waals surface area contributed by atoms with Crippen molar-refractivity contribution in [3.63, 3.8) is 0 Å². The molecule has 0 aromatic heterocycles. The number of methoxy groups -OCH3 is 1. The molecule has 3 unspecified atom stereocenters. The van der Waals surface area contributed by atoms with Crippen LogP contribution in [-0.2, 0) is 9.47 Å². The minimum Gasteiger partial charge on any atom is -0.478 e. The second-order valence-corrected chi connectivity index (χ2v) is 5.05. The highest BCUT2D eigenvalue weighted by molar-refractivity contribution is 5.18. The zero-order valence-electron chi connectivity index (χ0n) is 12.1. The molecular formula is C16H23NO3. The minimum atomic E-state index is -0.670. The van der Waals surface area contributed by atoms with Gasteiger partial charge in [0.05, 0.1) is 12.4 Å². The highest BCUT2D eigenvalue weighted by Gasteiger charge is 2.46. The lowest BCUT2D eigenvalue weighted by Crippen LogP contribution is -2.51. The van der Waals surface area contributed by atoms with Crippen molar-refractivity contribution in [1.29, 1.82) is 0 Å². The highest BCUT2D eigenvalue weighted by Crippen LogP contribution is 2.33. The third-order valence-electron chi connectivity index (χ3n) is 3.73. The number of hydrogen-bond acceptors (Lipinski definition) is 4. The molecule has 20 heavy (non-hydrogen) atoms. The first-order chi connectivity index (χ1) is 9.72. The van der Waals surface area contributed by atoms with E-state index in [9.17, 15) is 5.11 Å². The Kier molecular flexibility index (Phi) is 5.17. The fourth-order valence-corrected chi connectivity index (χ4v) is 2.71. The largest absolute Gasteiger partial charge is 0.478 e. The van der Waals surface area contributed by atoms with Gasteiger partial charge in [-0.3, -0.25) is 5.32 Å². The van der Waals surface area contributed by atoms with E-state index < -0.39 is 11.8 Å². The van der Waals surface area contributed by atoms with Crippen LogP contribution in [-0.4, -0.2) is 30.6 Å². The molecule has 4 nitrogen and oxygen atoms in total. The molecule has 1 aromatic carbocycles. The topological polar surface area (TPSA) is 50.7 Å². The van der Waals surface area contributed by atoms with Crippen molar-refractivity contribution >= 4 is 0 Å². The van der Waals surface area contributed by atoms with Crippen LogP contribution in [0.2, 0.25) is 0 Å². The van der Waals surface area contributed by atoms with Crippen molar-refractivity contribution in [2.45, 2.75) is 37.7 Å². The zero-order valence-corrected chi connectivity index (χ0v) is 12.1. The molecule has 3 atom stereocenters. The van der Waals surface area contributed by atoms with Crippen molar-refractivity contribution in [2.75, 3.05) is 13.7 Å². The van der Waals surface area contributed by atoms with Gasteiger partial charge in [0.15, 0.2) is 5.72 Å². The van der Waals surface area contributed by atoms with Crippen molar-refractivity contribution in [3.05, 3.63) is 48.2 Å². The first kappa shape index (κ1) is 15.0. The summed E-state index contributed by atoms with van der Waals surface area (Å²) < 4.78 is 11.4. The van der Waals surface area contributed by atoms with E-state index in [1.54, 1.807) is 13.4 Å². The summed E-state index contributed by atoms with van der Waals surface area (Å²) in [7, 11) is 1.68. The van der Waals surface area contributed by atoms with Crippen molar-refractivity contribution in [2.24, 2.45) is 0 Å². The van der Waals surface area contributed by atoms with E-state index in [1.807, 2.05) is 43.3 Å². The standard InChI is InChI=1S/C16H23NO3/c1-3-11-20-16(15(19-2)9-10-17-16)12-14(18)13-7-5-4-6-8-13/h3-8,11,14-15,17-18H,9-10,12H2,1-2H3. The first-order valence-corrected chi connectivity index (χ1v) is 7.01. The molecule has 1 saturated heterocycles. The first-order valence-electron chi connectivity index (χ1n) is 7.01. The molecule has 1 aromatic rings. The van der Waals surface area contributed by atoms with Crippen molar-refractivity contribution < 1.29 is 14.6 Å². The normalized spacial score (nSPS) is 27.9. The summed E-state index contributed by atoms with van der Waals surface area (Å²) in [5.74, 6) is 0. The van der Waals surface area contributed by atoms with Crippen LogP contribution in [0.3, 0.4) is 0 Å². The fourth-order valence-electron chi connectivity index (χ4n) is 2.71. The SMILES string of the molecule is CC=COC1(CC(O)c2ccccc2)NCCC1OC. The van der Waals surface area contributed by atoms with E-state index in [0.717, 1.165) is 18.5 Å². The summed E-state index contributed by atoms with van der Waals surface area (Å²) >= 11 is 0. The van der Waals surface area contributed by atoms with Gasteiger partial charge in [0.1, 0.15) is 6.10 Å². The number of allylic oxidation sites excluding steroid dienone is 1. The van der Waals surface area contributed by atoms with Crippen molar-refractivity contribution in [1.82, 2.24) is 5.32 Å². The number of nitrogens with one attached hydrogen (secondary N) is 1. The lowest BCUT2D eigenvalue weighted by atomic mass is 9.96. The monoisotopic (exact) mass is 277 g/mol. The maximum Gasteiger partial charge on any atom is 0.189 e. The van der Waals surface area contributed by atoms with Gasteiger partial charge in [0.2, 0.25) is 0 Å². The van der Waals surface area contributed by atoms with Gasteiger partial charge in [-0.2, -0.15) is 0 Å². The molecule has 110 valence electrons. The Morgan fingerprint density at radius 3 is 2.85 bits per heavy atom. The maximum atomic E-state index is 10.5. The third-order valence-corrected chi connectivity index (χ3v) is 3.73. The van der Waals surface area contributed by atoms with E-state index >= 15 is 0 Å². The van der Waals surface area contributed by atoms with Gasteiger partial charge >= 0.3 is 0 Å². The van der Waals surface area contributed by atoms with Crippen LogP contribution < -0.4 is 5.32 Å². The molecule has 0 spiro atoms. The van der Waals surface area contributed by atoms with Crippen molar-refractivity contribution in [3.8, 4) is 0 Å². The zero-order chi connectivity index (χ0) is 14.4. The molecule has 1 aliphatic heterocycles. The van der Waals surface area contributed by atoms with Gasteiger partial charge in [-0.05, 0) is 18.9 Å². The van der Waals surface area contributed by atoms with Crippen LogP contribution in [0.25, 0.3) is 0 Å². The molecule has 2 rings (SSSR count). The summed E-state index contributed by atoms with van der Waals surface area (Å²) in [5, 5.41) is 13.8. The summed E-state index contributed by atoms with van der Waals surface area (Å²) in [5.41, 5.74) is 0.218. The molecule has 1 aliphatic rings. The lowest BCUT2D eigenvalue weighted by Gasteiger charge is -2.35. The summed E-state index contributed by atoms with van der Waals surface area (Å²) in [6.07, 6.45) is 4.14. The van der Waals surface area contributed by atoms with E-state index in [1.165, 1.54) is 0 Å². The van der Waals surface area contributed by atoms with Crippen LogP contribution >= 0.6 is 0 Å². The number of hydrogen-bond donors (Lipinski definition) is 2. The predicted molar refractivity (Wildman–Crippen MR) is 78.1 cm³/mol. The van der Waals surface area contributed by atoms with Gasteiger partial charge < -0.3 is 14.6 Å². The van der Waals surface area contributed by atoms with Crippen LogP contribution in [0, 0.1) is 0 Å². The quantitative estimate of drug-likeness (QED) is 0.784. The average molecular weight is 277 g/mol. The molecule has 0 radical (unpaired) electrons. The molecule has 1 fully saturated rings. The van der Waals surface area contributed by atoms with E-state index in [2.05, 4.69) is 5.32 Å². The van der Waals surface area contributed by atoms with Gasteiger partial charge in [-0.25, -0.2) is 0 Å². The van der Waals surface area contributed by atoms with E-state index in [0.29, 0.717) is 6.42 Å². The number of aliphatic hydroxyl groups is 1. The summed E-state index contributed by atoms with van der Waals surface area (Å²) in [6.45, 7) is 2.72. The summed E-state index contributed by atoms with van der Waals surface area (Å²) in [4.78, 5) is 0. The van der Waals surface area contributed by atoms with Gasteiger partial charge in [-0.15, -0.1) is 0 Å². The predicted octanol–water partition coefficient (Wildman–Crippen LogP) is 2.36. The van der Waals surface area contributed by atoms with Gasteiger partial charge in [-0.1, -0.05) is 36.4 Å². The van der Waals surface area contributed by atoms with Crippen LogP contribution in [0.15, 0.2) is 42.7 Å². The van der Waals surface area contributed by atoms with Crippen LogP contribution in [0.4, 0.5) is 0 Å². The van der Waals surface area contributed by atoms with Crippen LogP contribution in [0.5, 0.6) is 0 Å². The molecule has 1 heterocycles. The number of benzene rings is 1. The molecular weight excluding hydrogens is 254 g/mol. The molecule has 0 bridgehead atoms. The third kappa shape index (κ3) is 3.20. The van der Waals surface area contributed by atoms with Gasteiger partial charge in [0, 0.05) is 20.1 Å². The Balaban J connectivity index is 2.15. The van der Waals surface area contributed by atoms with E-state index in [4.69, 9.17) is 9.47 Å². The Morgan fingerprint density at radius 1 is 1.45 bits per heavy atom. The molecule has 0 saturated carbocycles. The number of ether oxygens (including phenoxy) is 2. The Labute approximate surface area is 120 Å². The maximum absolute atomic E-state index is 10.5. The Bertz CT molecular complexity index is 435. The molecule has 2 N–H and O–H groups in total. The number of rotatable bonds is 6. The molecule has 0 aliphatic carbocycles. The lowest BCUT2D eigenvalue weighted by molar-refractivity contribution is -0.116. The van der Waals surface area contributed by atoms with E-state index in [-0.39, 0.29) is 6.10 Å². The highest BCUT2D eigenvalue weighted by atomic mass is 16.6. The smallest absolute Gasteiger partial charge is 0.189 e. The van der Waals surface area contributed by atoms with Crippen LogP contribution in [0.1, 0.15) is 31.4 Å². The fraction of sp³-hybridized carbons (Fsp3) is 0.500. The average Bonchev–Trinajstić information content (AvgIpc) is 2.89. The number of aliphatic hydroxyl groups excluding tert-OH is 1. The molecule has 4 heteroatoms. The Morgan fingerprint density at radius 2 is 2.20 bits per heavy atom. The minimum absolute atomic E-state index is 0.0722. The molecule has 0 amide bonds. The second kappa shape index (κ2) is 6.88. The summed E-state index contributed by atoms with van der Waals surface area (Å²) in [6, 6.07) is 9.63. The van der Waals surface area contributed by atoms with Gasteiger partial charge in [0.25, 0.3) is 0 Å².